The Morgan fingerprint density at radius 1 is 0.558 bits per heavy atom. The Labute approximate surface area is 261 Å². The van der Waals surface area contributed by atoms with Crippen LogP contribution in [0, 0.1) is 0 Å². The molecule has 43 heavy (non-hydrogen) atoms. The van der Waals surface area contributed by atoms with Gasteiger partial charge in [0.15, 0.2) is 0 Å². The third-order valence-corrected chi connectivity index (χ3v) is 14.3. The quantitative estimate of drug-likeness (QED) is 0.116. The summed E-state index contributed by atoms with van der Waals surface area (Å²) in [5.74, 6) is 0. The second-order valence-corrected chi connectivity index (χ2v) is 19.1. The highest BCUT2D eigenvalue weighted by molar-refractivity contribution is 7.65. The van der Waals surface area contributed by atoms with Crippen LogP contribution in [0.5, 0.6) is 0 Å². The molecule has 0 bridgehead atoms. The average molecular weight is 644 g/mol. The summed E-state index contributed by atoms with van der Waals surface area (Å²) in [6, 6.07) is 24.1. The van der Waals surface area contributed by atoms with Crippen LogP contribution >= 0.6 is 15.2 Å². The number of rotatable bonds is 13. The molecule has 3 rings (SSSR count). The van der Waals surface area contributed by atoms with E-state index >= 15 is 9.13 Å². The Hall–Kier alpha value is -1.82. The van der Waals surface area contributed by atoms with Crippen molar-refractivity contribution >= 4 is 50.2 Å². The lowest BCUT2D eigenvalue weighted by Gasteiger charge is -2.30. The molecule has 0 aliphatic rings. The molecule has 0 saturated heterocycles. The zero-order chi connectivity index (χ0) is 32.2. The fourth-order valence-electron chi connectivity index (χ4n) is 4.78. The molecule has 9 heteroatoms. The third kappa shape index (κ3) is 9.11. The topological polar surface area (TPSA) is 71.1 Å². The summed E-state index contributed by atoms with van der Waals surface area (Å²) in [5.41, 5.74) is 0.443. The Kier molecular flexibility index (Phi) is 12.0. The summed E-state index contributed by atoms with van der Waals surface area (Å²) >= 11 is 0. The molecule has 3 aromatic carbocycles. The Bertz CT molecular complexity index is 1310. The van der Waals surface area contributed by atoms with E-state index in [1.54, 1.807) is 0 Å². The molecule has 0 unspecified atom stereocenters. The van der Waals surface area contributed by atoms with Gasteiger partial charge in [0, 0.05) is 0 Å². The van der Waals surface area contributed by atoms with E-state index in [4.69, 9.17) is 18.1 Å². The van der Waals surface area contributed by atoms with E-state index in [9.17, 15) is 0 Å². The predicted octanol–water partition coefficient (Wildman–Crippen LogP) is 6.84. The molecule has 0 spiro atoms. The van der Waals surface area contributed by atoms with Crippen molar-refractivity contribution in [1.29, 1.82) is 0 Å². The summed E-state index contributed by atoms with van der Waals surface area (Å²) in [6.45, 7) is 21.0. The first-order valence-corrected chi connectivity index (χ1v) is 19.7. The van der Waals surface area contributed by atoms with Crippen molar-refractivity contribution in [3.05, 3.63) is 78.4 Å². The van der Waals surface area contributed by atoms with Crippen LogP contribution in [0.2, 0.25) is 0 Å². The fourth-order valence-corrected chi connectivity index (χ4v) is 13.1. The summed E-state index contributed by atoms with van der Waals surface area (Å²) < 4.78 is 55.5. The molecule has 6 nitrogen and oxygen atoms in total. The lowest BCUT2D eigenvalue weighted by atomic mass is 9.87. The molecule has 0 radical (unpaired) electrons. The normalized spacial score (nSPS) is 13.0. The lowest BCUT2D eigenvalue weighted by Crippen LogP contribution is -2.62. The first-order chi connectivity index (χ1) is 20.0. The second kappa shape index (κ2) is 14.5. The first-order valence-electron chi connectivity index (χ1n) is 15.1. The third-order valence-electron chi connectivity index (χ3n) is 6.33. The molecule has 0 aromatic heterocycles. The van der Waals surface area contributed by atoms with E-state index in [1.165, 1.54) is 0 Å². The van der Waals surface area contributed by atoms with Gasteiger partial charge in [-0.2, -0.15) is 0 Å². The van der Waals surface area contributed by atoms with Gasteiger partial charge in [0.2, 0.25) is 0 Å². The van der Waals surface area contributed by atoms with Crippen LogP contribution in [0.1, 0.15) is 81.7 Å². The summed E-state index contributed by atoms with van der Waals surface area (Å²) in [7, 11) is -9.94. The molecule has 234 valence electrons. The fraction of sp³-hybridized carbons (Fsp3) is 0.471. The first kappa shape index (κ1) is 35.7. The van der Waals surface area contributed by atoms with Gasteiger partial charge < -0.3 is 18.1 Å². The van der Waals surface area contributed by atoms with Gasteiger partial charge >= 0.3 is 24.0 Å². The largest absolute Gasteiger partial charge is 0.430 e. The highest BCUT2D eigenvalue weighted by atomic mass is 31.2. The summed E-state index contributed by atoms with van der Waals surface area (Å²) in [5, 5.41) is 3.55. The predicted molar refractivity (Wildman–Crippen MR) is 182 cm³/mol. The van der Waals surface area contributed by atoms with Gasteiger partial charge in [-0.1, -0.05) is 57.2 Å². The van der Waals surface area contributed by atoms with E-state index < -0.39 is 53.8 Å². The van der Waals surface area contributed by atoms with Crippen LogP contribution in [-0.4, -0.2) is 33.2 Å². The van der Waals surface area contributed by atoms with Gasteiger partial charge in [0.1, 0.15) is 26.2 Å². The zero-order valence-corrected chi connectivity index (χ0v) is 30.4. The summed E-state index contributed by atoms with van der Waals surface area (Å²) in [4.78, 5) is 0. The van der Waals surface area contributed by atoms with E-state index in [2.05, 4.69) is 45.0 Å². The Morgan fingerprint density at radius 2 is 0.860 bits per heavy atom. The van der Waals surface area contributed by atoms with Gasteiger partial charge in [-0.15, -0.1) is 0 Å². The Balaban J connectivity index is 2.68. The smallest absolute Gasteiger partial charge is 0.302 e. The maximum atomic E-state index is 15.2. The van der Waals surface area contributed by atoms with Crippen LogP contribution in [0.25, 0.3) is 0 Å². The molecule has 0 heterocycles. The van der Waals surface area contributed by atoms with E-state index in [-0.39, 0.29) is 0 Å². The lowest BCUT2D eigenvalue weighted by molar-refractivity contribution is 0.149. The standard InChI is InChI=1S/C34H49O6P2Si/c1-24(2)37-41(35,38-25(3)4)31-22-28(34(9,10)11)23-32(42(36,39-26(5)6)40-27(7)8)33(31)43(29-18-14-12-15-19-29)30-20-16-13-17-21-30/h12-27H,1-11H3/q+1. The molecule has 0 amide bonds. The highest BCUT2D eigenvalue weighted by Crippen LogP contribution is 2.53. The molecule has 0 fully saturated rings. The van der Waals surface area contributed by atoms with Crippen LogP contribution < -0.4 is 26.2 Å². The van der Waals surface area contributed by atoms with E-state index in [1.807, 2.05) is 104 Å². The monoisotopic (exact) mass is 643 g/mol. The van der Waals surface area contributed by atoms with Gasteiger partial charge in [-0.05, 0) is 103 Å². The van der Waals surface area contributed by atoms with Crippen LogP contribution in [0.15, 0.2) is 72.8 Å². The van der Waals surface area contributed by atoms with Crippen molar-refractivity contribution < 1.29 is 27.2 Å². The minimum atomic E-state index is -3.98. The van der Waals surface area contributed by atoms with E-state index in [0.717, 1.165) is 15.9 Å². The van der Waals surface area contributed by atoms with Crippen LogP contribution in [-0.2, 0) is 32.6 Å². The molecular weight excluding hydrogens is 594 g/mol. The maximum absolute atomic E-state index is 15.2. The number of hydrogen-bond donors (Lipinski definition) is 0. The van der Waals surface area contributed by atoms with Gasteiger partial charge in [0.05, 0.1) is 24.4 Å². The van der Waals surface area contributed by atoms with Gasteiger partial charge in [-0.3, -0.25) is 9.13 Å². The van der Waals surface area contributed by atoms with Crippen molar-refractivity contribution in [3.8, 4) is 0 Å². The van der Waals surface area contributed by atoms with E-state index in [0.29, 0.717) is 15.8 Å². The van der Waals surface area contributed by atoms with Gasteiger partial charge in [0.25, 0.3) is 0 Å². The number of hydrogen-bond acceptors (Lipinski definition) is 6. The van der Waals surface area contributed by atoms with Crippen molar-refractivity contribution in [3.63, 3.8) is 0 Å². The maximum Gasteiger partial charge on any atom is 0.430 e. The van der Waals surface area contributed by atoms with Gasteiger partial charge in [-0.25, -0.2) is 0 Å². The zero-order valence-electron chi connectivity index (χ0n) is 27.6. The molecule has 0 aliphatic heterocycles. The molecule has 0 atom stereocenters. The van der Waals surface area contributed by atoms with Crippen molar-refractivity contribution in [2.75, 3.05) is 0 Å². The summed E-state index contributed by atoms with van der Waals surface area (Å²) in [6.07, 6.45) is -1.58. The number of benzene rings is 3. The SMILES string of the molecule is CC(C)OP(=O)(OC(C)C)c1cc(C(C)(C)C)cc(P(=O)(OC(C)C)OC(C)C)c1[Si+](c1ccccc1)c1ccccc1. The Morgan fingerprint density at radius 3 is 1.12 bits per heavy atom. The molecular formula is C34H49O6P2Si+. The average Bonchev–Trinajstić information content (AvgIpc) is 2.87. The second-order valence-electron chi connectivity index (χ2n) is 12.9. The van der Waals surface area contributed by atoms with Crippen molar-refractivity contribution in [2.45, 2.75) is 106 Å². The molecule has 3 aromatic rings. The molecule has 0 saturated carbocycles. The minimum Gasteiger partial charge on any atom is -0.302 e. The van der Waals surface area contributed by atoms with Crippen molar-refractivity contribution in [1.82, 2.24) is 0 Å². The van der Waals surface area contributed by atoms with Crippen molar-refractivity contribution in [2.24, 2.45) is 0 Å². The minimum absolute atomic E-state index is 0.393. The van der Waals surface area contributed by atoms with Crippen LogP contribution in [0.4, 0.5) is 0 Å². The molecule has 0 aliphatic carbocycles. The highest BCUT2D eigenvalue weighted by Gasteiger charge is 2.51. The molecule has 0 N–H and O–H groups in total. The van der Waals surface area contributed by atoms with Crippen LogP contribution in [0.3, 0.4) is 0 Å².